The van der Waals surface area contributed by atoms with Crippen molar-refractivity contribution in [1.29, 1.82) is 0 Å². The molecule has 2 aromatic carbocycles. The molecule has 3 heteroatoms. The first-order valence-electron chi connectivity index (χ1n) is 7.21. The van der Waals surface area contributed by atoms with E-state index in [1.165, 1.54) is 16.7 Å². The van der Waals surface area contributed by atoms with Gasteiger partial charge < -0.3 is 14.4 Å². The topological polar surface area (TPSA) is 21.7 Å². The maximum absolute atomic E-state index is 5.47. The van der Waals surface area contributed by atoms with Gasteiger partial charge in [-0.15, -0.1) is 0 Å². The van der Waals surface area contributed by atoms with E-state index >= 15 is 0 Å². The Labute approximate surface area is 126 Å². The molecule has 0 aromatic heterocycles. The third-order valence-corrected chi connectivity index (χ3v) is 4.16. The monoisotopic (exact) mass is 283 g/mol. The zero-order valence-electron chi connectivity index (χ0n) is 12.8. The van der Waals surface area contributed by atoms with Gasteiger partial charge in [-0.25, -0.2) is 0 Å². The summed E-state index contributed by atoms with van der Waals surface area (Å²) in [5.74, 6) is 1.99. The van der Waals surface area contributed by atoms with Gasteiger partial charge in [-0.2, -0.15) is 0 Å². The van der Waals surface area contributed by atoms with Crippen molar-refractivity contribution in [3.8, 4) is 11.5 Å². The van der Waals surface area contributed by atoms with E-state index in [1.54, 1.807) is 14.2 Å². The lowest BCUT2D eigenvalue weighted by Gasteiger charge is -2.33. The predicted molar refractivity (Wildman–Crippen MR) is 84.2 cm³/mol. The van der Waals surface area contributed by atoms with Crippen molar-refractivity contribution in [3.63, 3.8) is 0 Å². The number of nitrogens with zero attached hydrogens (tertiary/aromatic N) is 1. The second-order valence-corrected chi connectivity index (χ2v) is 5.57. The highest BCUT2D eigenvalue weighted by Gasteiger charge is 2.26. The Bertz CT molecular complexity index is 625. The average molecular weight is 283 g/mol. The average Bonchev–Trinajstić information content (AvgIpc) is 2.53. The fourth-order valence-corrected chi connectivity index (χ4v) is 3.13. The first-order valence-corrected chi connectivity index (χ1v) is 7.21. The number of hydrogen-bond acceptors (Lipinski definition) is 3. The van der Waals surface area contributed by atoms with Gasteiger partial charge in [-0.05, 0) is 35.9 Å². The van der Waals surface area contributed by atoms with E-state index in [1.807, 2.05) is 0 Å². The third-order valence-electron chi connectivity index (χ3n) is 4.16. The zero-order valence-corrected chi connectivity index (χ0v) is 12.8. The van der Waals surface area contributed by atoms with Gasteiger partial charge in [0, 0.05) is 19.0 Å². The minimum Gasteiger partial charge on any atom is -0.493 e. The number of hydrogen-bond donors (Lipinski definition) is 0. The maximum Gasteiger partial charge on any atom is 0.161 e. The molecule has 1 unspecified atom stereocenters. The number of fused-ring (bicyclic) bond motifs is 1. The molecule has 3 nitrogen and oxygen atoms in total. The molecule has 0 radical (unpaired) electrons. The molecule has 0 saturated heterocycles. The molecule has 1 heterocycles. The SMILES string of the molecule is COc1cc2c(cc1OC)C(c1ccccc1)CN(C)C2. The van der Waals surface area contributed by atoms with Crippen molar-refractivity contribution in [2.24, 2.45) is 0 Å². The van der Waals surface area contributed by atoms with Crippen LogP contribution in [-0.2, 0) is 6.54 Å². The summed E-state index contributed by atoms with van der Waals surface area (Å²) in [6.07, 6.45) is 0. The van der Waals surface area contributed by atoms with Gasteiger partial charge in [0.2, 0.25) is 0 Å². The third kappa shape index (κ3) is 2.61. The van der Waals surface area contributed by atoms with Crippen molar-refractivity contribution < 1.29 is 9.47 Å². The van der Waals surface area contributed by atoms with E-state index in [0.717, 1.165) is 24.6 Å². The summed E-state index contributed by atoms with van der Waals surface area (Å²) in [6, 6.07) is 14.9. The Kier molecular flexibility index (Phi) is 3.84. The van der Waals surface area contributed by atoms with Gasteiger partial charge in [-0.1, -0.05) is 30.3 Å². The second kappa shape index (κ2) is 5.78. The molecule has 0 aliphatic carbocycles. The molecule has 1 aliphatic heterocycles. The van der Waals surface area contributed by atoms with Crippen LogP contribution in [0.5, 0.6) is 11.5 Å². The van der Waals surface area contributed by atoms with Crippen LogP contribution in [0, 0.1) is 0 Å². The first kappa shape index (κ1) is 14.0. The summed E-state index contributed by atoms with van der Waals surface area (Å²) in [5.41, 5.74) is 4.00. The van der Waals surface area contributed by atoms with Crippen molar-refractivity contribution in [1.82, 2.24) is 4.90 Å². The quantitative estimate of drug-likeness (QED) is 0.863. The van der Waals surface area contributed by atoms with Crippen LogP contribution in [0.25, 0.3) is 0 Å². The minimum absolute atomic E-state index is 0.375. The van der Waals surface area contributed by atoms with E-state index < -0.39 is 0 Å². The van der Waals surface area contributed by atoms with Crippen molar-refractivity contribution >= 4 is 0 Å². The molecule has 0 saturated carbocycles. The maximum atomic E-state index is 5.47. The van der Waals surface area contributed by atoms with Crippen LogP contribution < -0.4 is 9.47 Å². The summed E-state index contributed by atoms with van der Waals surface area (Å²) in [5, 5.41) is 0. The number of rotatable bonds is 3. The lowest BCUT2D eigenvalue weighted by Crippen LogP contribution is -2.31. The van der Waals surface area contributed by atoms with E-state index in [-0.39, 0.29) is 0 Å². The van der Waals surface area contributed by atoms with Crippen LogP contribution >= 0.6 is 0 Å². The molecule has 21 heavy (non-hydrogen) atoms. The number of ether oxygens (including phenoxy) is 2. The summed E-state index contributed by atoms with van der Waals surface area (Å²) >= 11 is 0. The van der Waals surface area contributed by atoms with Crippen LogP contribution in [0.1, 0.15) is 22.6 Å². The summed E-state index contributed by atoms with van der Waals surface area (Å²) in [7, 11) is 5.54. The molecule has 3 rings (SSSR count). The first-order chi connectivity index (χ1) is 10.2. The molecular formula is C18H21NO2. The lowest BCUT2D eigenvalue weighted by molar-refractivity contribution is 0.291. The van der Waals surface area contributed by atoms with Gasteiger partial charge in [0.05, 0.1) is 14.2 Å². The van der Waals surface area contributed by atoms with Gasteiger partial charge in [0.15, 0.2) is 11.5 Å². The highest BCUT2D eigenvalue weighted by molar-refractivity contribution is 5.51. The van der Waals surface area contributed by atoms with Crippen molar-refractivity contribution in [3.05, 3.63) is 59.2 Å². The fourth-order valence-electron chi connectivity index (χ4n) is 3.13. The smallest absolute Gasteiger partial charge is 0.161 e. The highest BCUT2D eigenvalue weighted by atomic mass is 16.5. The molecular weight excluding hydrogens is 262 g/mol. The molecule has 1 aliphatic rings. The van der Waals surface area contributed by atoms with Gasteiger partial charge in [0.1, 0.15) is 0 Å². The van der Waals surface area contributed by atoms with Crippen molar-refractivity contribution in [2.45, 2.75) is 12.5 Å². The molecule has 0 N–H and O–H groups in total. The van der Waals surface area contributed by atoms with Crippen molar-refractivity contribution in [2.75, 3.05) is 27.8 Å². The molecule has 1 atom stereocenters. The Morgan fingerprint density at radius 2 is 1.67 bits per heavy atom. The van der Waals surface area contributed by atoms with Crippen LogP contribution in [0.2, 0.25) is 0 Å². The van der Waals surface area contributed by atoms with Crippen LogP contribution in [-0.4, -0.2) is 32.7 Å². The van der Waals surface area contributed by atoms with E-state index in [9.17, 15) is 0 Å². The number of benzene rings is 2. The second-order valence-electron chi connectivity index (χ2n) is 5.57. The molecule has 2 aromatic rings. The number of methoxy groups -OCH3 is 2. The lowest BCUT2D eigenvalue weighted by atomic mass is 9.84. The predicted octanol–water partition coefficient (Wildman–Crippen LogP) is 3.28. The Hall–Kier alpha value is -2.00. The van der Waals surface area contributed by atoms with Gasteiger partial charge >= 0.3 is 0 Å². The summed E-state index contributed by atoms with van der Waals surface area (Å²) in [4.78, 5) is 2.35. The Morgan fingerprint density at radius 1 is 1.00 bits per heavy atom. The fraction of sp³-hybridized carbons (Fsp3) is 0.333. The normalized spacial score (nSPS) is 18.1. The number of likely N-dealkylation sites (N-methyl/N-ethyl adjacent to an activating group) is 1. The largest absolute Gasteiger partial charge is 0.493 e. The van der Waals surface area contributed by atoms with Gasteiger partial charge in [0.25, 0.3) is 0 Å². The van der Waals surface area contributed by atoms with Crippen LogP contribution in [0.3, 0.4) is 0 Å². The highest BCUT2D eigenvalue weighted by Crippen LogP contribution is 2.39. The summed E-state index contributed by atoms with van der Waals surface area (Å²) < 4.78 is 10.9. The van der Waals surface area contributed by atoms with Crippen LogP contribution in [0.4, 0.5) is 0 Å². The minimum atomic E-state index is 0.375. The molecule has 0 bridgehead atoms. The molecule has 0 spiro atoms. The van der Waals surface area contributed by atoms with Gasteiger partial charge in [-0.3, -0.25) is 0 Å². The van der Waals surface area contributed by atoms with E-state index in [2.05, 4.69) is 54.4 Å². The molecule has 0 amide bonds. The summed E-state index contributed by atoms with van der Waals surface area (Å²) in [6.45, 7) is 1.96. The van der Waals surface area contributed by atoms with E-state index in [4.69, 9.17) is 9.47 Å². The zero-order chi connectivity index (χ0) is 14.8. The molecule has 0 fully saturated rings. The molecule has 110 valence electrons. The Balaban J connectivity index is 2.11. The standard InChI is InChI=1S/C18H21NO2/c1-19-11-14-9-17(20-2)18(21-3)10-15(14)16(12-19)13-7-5-4-6-8-13/h4-10,16H,11-12H2,1-3H3. The van der Waals surface area contributed by atoms with E-state index in [0.29, 0.717) is 5.92 Å². The Morgan fingerprint density at radius 3 is 2.33 bits per heavy atom. The van der Waals surface area contributed by atoms with Crippen LogP contribution in [0.15, 0.2) is 42.5 Å².